The molecule has 6 nitrogen and oxygen atoms in total. The van der Waals surface area contributed by atoms with Crippen LogP contribution in [0.15, 0.2) is 72.9 Å². The first-order valence-electron chi connectivity index (χ1n) is 35.9. The molecule has 0 spiro atoms. The molecular weight excluding hydrogens is 1010 g/mol. The van der Waals surface area contributed by atoms with Crippen molar-refractivity contribution in [1.29, 1.82) is 0 Å². The lowest BCUT2D eigenvalue weighted by Gasteiger charge is -2.18. The van der Waals surface area contributed by atoms with Gasteiger partial charge in [0.2, 0.25) is 0 Å². The Labute approximate surface area is 510 Å². The first-order valence-corrected chi connectivity index (χ1v) is 35.9. The zero-order valence-corrected chi connectivity index (χ0v) is 54.8. The molecule has 1 atom stereocenters. The van der Waals surface area contributed by atoms with Crippen LogP contribution >= 0.6 is 0 Å². The number of unbranched alkanes of at least 4 members (excludes halogenated alkanes) is 43. The van der Waals surface area contributed by atoms with E-state index in [2.05, 4.69) is 93.7 Å². The maximum Gasteiger partial charge on any atom is 0.306 e. The lowest BCUT2D eigenvalue weighted by atomic mass is 10.0. The van der Waals surface area contributed by atoms with Gasteiger partial charge >= 0.3 is 17.9 Å². The molecule has 0 saturated heterocycles. The maximum atomic E-state index is 13.0. The number of hydrogen-bond donors (Lipinski definition) is 0. The van der Waals surface area contributed by atoms with Crippen molar-refractivity contribution in [3.63, 3.8) is 0 Å². The Balaban J connectivity index is 4.34. The Morgan fingerprint density at radius 1 is 0.256 bits per heavy atom. The standard InChI is InChI=1S/C76H136O6/c1-4-7-10-13-16-19-22-25-28-31-33-35-37-39-40-42-45-48-51-54-57-60-63-66-69-75(78)81-72-73(71-80-74(77)68-65-62-59-56-53-50-47-44-30-27-24-21-18-15-12-9-6-3)82-76(79)70-67-64-61-58-55-52-49-46-43-41-38-36-34-32-29-26-23-20-17-14-11-8-5-2/h8,11,17,20,26-27,29-30,34,36,41,43,73H,4-7,9-10,12-16,18-19,21-25,28,31-33,35,37-40,42,44-72H2,1-3H3/b11-8-,20-17-,29-26-,30-27-,36-34-,43-41-. The summed E-state index contributed by atoms with van der Waals surface area (Å²) in [5, 5.41) is 0. The van der Waals surface area contributed by atoms with Crippen molar-refractivity contribution < 1.29 is 28.6 Å². The number of ether oxygens (including phenoxy) is 3. The average Bonchev–Trinajstić information content (AvgIpc) is 3.47. The number of esters is 3. The van der Waals surface area contributed by atoms with Crippen molar-refractivity contribution in [3.05, 3.63) is 72.9 Å². The summed E-state index contributed by atoms with van der Waals surface area (Å²) >= 11 is 0. The molecule has 1 unspecified atom stereocenters. The van der Waals surface area contributed by atoms with Crippen LogP contribution < -0.4 is 0 Å². The fourth-order valence-corrected chi connectivity index (χ4v) is 10.6. The van der Waals surface area contributed by atoms with Gasteiger partial charge in [0.1, 0.15) is 13.2 Å². The van der Waals surface area contributed by atoms with Gasteiger partial charge < -0.3 is 14.2 Å². The molecule has 0 aliphatic carbocycles. The summed E-state index contributed by atoms with van der Waals surface area (Å²) in [6.45, 7) is 6.57. The van der Waals surface area contributed by atoms with Gasteiger partial charge in [0.25, 0.3) is 0 Å². The minimum atomic E-state index is -0.784. The van der Waals surface area contributed by atoms with Gasteiger partial charge in [-0.05, 0) is 89.9 Å². The molecule has 0 fully saturated rings. The molecule has 0 amide bonds. The van der Waals surface area contributed by atoms with Crippen LogP contribution in [-0.2, 0) is 28.6 Å². The summed E-state index contributed by atoms with van der Waals surface area (Å²) in [6.07, 6.45) is 92.1. The van der Waals surface area contributed by atoms with Crippen LogP contribution in [0.5, 0.6) is 0 Å². The first kappa shape index (κ1) is 78.8. The van der Waals surface area contributed by atoms with Crippen LogP contribution in [0, 0.1) is 0 Å². The fourth-order valence-electron chi connectivity index (χ4n) is 10.6. The van der Waals surface area contributed by atoms with E-state index in [0.717, 1.165) is 96.3 Å². The second-order valence-corrected chi connectivity index (χ2v) is 24.1. The average molecular weight is 1150 g/mol. The van der Waals surface area contributed by atoms with Crippen LogP contribution in [0.2, 0.25) is 0 Å². The zero-order valence-electron chi connectivity index (χ0n) is 54.8. The molecule has 476 valence electrons. The molecular formula is C76H136O6. The van der Waals surface area contributed by atoms with E-state index >= 15 is 0 Å². The van der Waals surface area contributed by atoms with Gasteiger partial charge in [0, 0.05) is 19.3 Å². The number of carbonyl (C=O) groups excluding carboxylic acids is 3. The van der Waals surface area contributed by atoms with Crippen LogP contribution in [0.3, 0.4) is 0 Å². The van der Waals surface area contributed by atoms with Gasteiger partial charge in [0.05, 0.1) is 0 Å². The summed E-state index contributed by atoms with van der Waals surface area (Å²) in [6, 6.07) is 0. The molecule has 0 heterocycles. The zero-order chi connectivity index (χ0) is 59.2. The van der Waals surface area contributed by atoms with E-state index in [9.17, 15) is 14.4 Å². The van der Waals surface area contributed by atoms with Gasteiger partial charge in [-0.15, -0.1) is 0 Å². The third-order valence-electron chi connectivity index (χ3n) is 15.9. The second kappa shape index (κ2) is 70.3. The van der Waals surface area contributed by atoms with E-state index < -0.39 is 6.10 Å². The second-order valence-electron chi connectivity index (χ2n) is 24.1. The minimum Gasteiger partial charge on any atom is -0.462 e. The monoisotopic (exact) mass is 1150 g/mol. The Morgan fingerprint density at radius 3 is 0.756 bits per heavy atom. The Bertz CT molecular complexity index is 1500. The number of hydrogen-bond acceptors (Lipinski definition) is 6. The predicted molar refractivity (Wildman–Crippen MR) is 358 cm³/mol. The Hall–Kier alpha value is -3.15. The van der Waals surface area contributed by atoms with E-state index in [1.165, 1.54) is 238 Å². The Morgan fingerprint density at radius 2 is 0.476 bits per heavy atom. The van der Waals surface area contributed by atoms with Crippen LogP contribution in [0.1, 0.15) is 374 Å². The van der Waals surface area contributed by atoms with Crippen LogP contribution in [-0.4, -0.2) is 37.2 Å². The van der Waals surface area contributed by atoms with Crippen molar-refractivity contribution in [3.8, 4) is 0 Å². The van der Waals surface area contributed by atoms with E-state index in [1.807, 2.05) is 0 Å². The highest BCUT2D eigenvalue weighted by atomic mass is 16.6. The van der Waals surface area contributed by atoms with Crippen molar-refractivity contribution in [2.75, 3.05) is 13.2 Å². The summed E-state index contributed by atoms with van der Waals surface area (Å²) in [5.74, 6) is -0.870. The highest BCUT2D eigenvalue weighted by Crippen LogP contribution is 2.18. The number of carbonyl (C=O) groups is 3. The third-order valence-corrected chi connectivity index (χ3v) is 15.9. The summed E-state index contributed by atoms with van der Waals surface area (Å²) < 4.78 is 17.0. The molecule has 6 heteroatoms. The summed E-state index contributed by atoms with van der Waals surface area (Å²) in [5.41, 5.74) is 0. The van der Waals surface area contributed by atoms with Crippen molar-refractivity contribution in [2.24, 2.45) is 0 Å². The van der Waals surface area contributed by atoms with E-state index in [-0.39, 0.29) is 31.1 Å². The van der Waals surface area contributed by atoms with E-state index in [4.69, 9.17) is 14.2 Å². The molecule has 0 aromatic rings. The number of rotatable bonds is 66. The molecule has 0 bridgehead atoms. The normalized spacial score (nSPS) is 12.5. The molecule has 0 saturated carbocycles. The summed E-state index contributed by atoms with van der Waals surface area (Å²) in [7, 11) is 0. The highest BCUT2D eigenvalue weighted by Gasteiger charge is 2.19. The lowest BCUT2D eigenvalue weighted by molar-refractivity contribution is -0.167. The van der Waals surface area contributed by atoms with Crippen molar-refractivity contribution >= 4 is 17.9 Å². The van der Waals surface area contributed by atoms with Gasteiger partial charge in [-0.1, -0.05) is 338 Å². The SMILES string of the molecule is CC/C=C\C/C=C\C/C=C\C/C=C\C/C=C\CCCCCCCCCC(=O)OC(COC(=O)CCCCCCCCC/C=C\CCCCCCCC)COC(=O)CCCCCCCCCCCCCCCCCCCCCCCCCC. The van der Waals surface area contributed by atoms with Crippen molar-refractivity contribution in [2.45, 2.75) is 380 Å². The number of allylic oxidation sites excluding steroid dienone is 12. The lowest BCUT2D eigenvalue weighted by Crippen LogP contribution is -2.30. The highest BCUT2D eigenvalue weighted by molar-refractivity contribution is 5.71. The quantitative estimate of drug-likeness (QED) is 0.0261. The molecule has 0 aliphatic heterocycles. The molecule has 0 aromatic heterocycles. The molecule has 0 rings (SSSR count). The van der Waals surface area contributed by atoms with Gasteiger partial charge in [0.15, 0.2) is 6.10 Å². The topological polar surface area (TPSA) is 78.9 Å². The predicted octanol–water partition coefficient (Wildman–Crippen LogP) is 24.8. The Kier molecular flexibility index (Phi) is 67.6. The van der Waals surface area contributed by atoms with E-state index in [1.54, 1.807) is 0 Å². The van der Waals surface area contributed by atoms with Gasteiger partial charge in [-0.25, -0.2) is 0 Å². The molecule has 0 radical (unpaired) electrons. The van der Waals surface area contributed by atoms with Crippen molar-refractivity contribution in [1.82, 2.24) is 0 Å². The smallest absolute Gasteiger partial charge is 0.306 e. The largest absolute Gasteiger partial charge is 0.462 e. The van der Waals surface area contributed by atoms with E-state index in [0.29, 0.717) is 19.3 Å². The molecule has 0 N–H and O–H groups in total. The maximum absolute atomic E-state index is 13.0. The van der Waals surface area contributed by atoms with Crippen LogP contribution in [0.25, 0.3) is 0 Å². The molecule has 0 aliphatic rings. The van der Waals surface area contributed by atoms with Gasteiger partial charge in [-0.3, -0.25) is 14.4 Å². The first-order chi connectivity index (χ1) is 40.5. The molecule has 82 heavy (non-hydrogen) atoms. The molecule has 0 aromatic carbocycles. The minimum absolute atomic E-state index is 0.0776. The van der Waals surface area contributed by atoms with Gasteiger partial charge in [-0.2, -0.15) is 0 Å². The fraction of sp³-hybridized carbons (Fsp3) is 0.803. The van der Waals surface area contributed by atoms with Crippen LogP contribution in [0.4, 0.5) is 0 Å². The third kappa shape index (κ3) is 67.6. The summed E-state index contributed by atoms with van der Waals surface area (Å²) in [4.78, 5) is 38.5.